The van der Waals surface area contributed by atoms with Crippen LogP contribution in [0.2, 0.25) is 0 Å². The van der Waals surface area contributed by atoms with Crippen LogP contribution in [-0.4, -0.2) is 51.5 Å². The predicted molar refractivity (Wildman–Crippen MR) is 130 cm³/mol. The maximum absolute atomic E-state index is 14.1. The van der Waals surface area contributed by atoms with Crippen LogP contribution in [0.15, 0.2) is 41.3 Å². The Hall–Kier alpha value is -2.58. The molecule has 0 bridgehead atoms. The van der Waals surface area contributed by atoms with Crippen LogP contribution in [0.5, 0.6) is 11.5 Å². The van der Waals surface area contributed by atoms with Crippen LogP contribution in [0.3, 0.4) is 0 Å². The molecule has 8 heteroatoms. The number of ether oxygens (including phenoxy) is 2. The average molecular weight is 485 g/mol. The normalized spacial score (nSPS) is 18.9. The summed E-state index contributed by atoms with van der Waals surface area (Å²) in [6.07, 6.45) is 4.25. The van der Waals surface area contributed by atoms with E-state index in [0.717, 1.165) is 48.2 Å². The highest BCUT2D eigenvalue weighted by Crippen LogP contribution is 2.47. The molecule has 2 heterocycles. The fraction of sp³-hybridized carbons (Fsp3) is 0.500. The third kappa shape index (κ3) is 3.67. The number of carbonyl (C=O) groups excluding carboxylic acids is 1. The van der Waals surface area contributed by atoms with Crippen molar-refractivity contribution in [3.63, 3.8) is 0 Å². The van der Waals surface area contributed by atoms with Crippen LogP contribution >= 0.6 is 0 Å². The van der Waals surface area contributed by atoms with Crippen molar-refractivity contribution in [2.75, 3.05) is 37.7 Å². The van der Waals surface area contributed by atoms with E-state index in [9.17, 15) is 13.2 Å². The summed E-state index contributed by atoms with van der Waals surface area (Å²) in [6, 6.07) is 11.1. The van der Waals surface area contributed by atoms with Gasteiger partial charge in [-0.2, -0.15) is 4.31 Å². The van der Waals surface area contributed by atoms with E-state index in [1.807, 2.05) is 43.0 Å². The molecule has 34 heavy (non-hydrogen) atoms. The van der Waals surface area contributed by atoms with Crippen molar-refractivity contribution in [3.8, 4) is 11.5 Å². The van der Waals surface area contributed by atoms with Gasteiger partial charge in [0.15, 0.2) is 11.5 Å². The van der Waals surface area contributed by atoms with Crippen LogP contribution in [0.25, 0.3) is 0 Å². The van der Waals surface area contributed by atoms with E-state index in [4.69, 9.17) is 9.47 Å². The fourth-order valence-electron chi connectivity index (χ4n) is 5.67. The molecule has 0 atom stereocenters. The number of hydrogen-bond acceptors (Lipinski definition) is 5. The maximum atomic E-state index is 14.1. The topological polar surface area (TPSA) is 76.2 Å². The molecule has 1 fully saturated rings. The molecule has 1 aliphatic carbocycles. The first kappa shape index (κ1) is 23.2. The zero-order valence-electron chi connectivity index (χ0n) is 19.9. The van der Waals surface area contributed by atoms with Gasteiger partial charge in [-0.3, -0.25) is 4.79 Å². The van der Waals surface area contributed by atoms with Gasteiger partial charge in [-0.25, -0.2) is 8.42 Å². The number of sulfonamides is 1. The first-order valence-corrected chi connectivity index (χ1v) is 13.7. The molecule has 0 saturated heterocycles. The molecular weight excluding hydrogens is 452 g/mol. The first-order valence-electron chi connectivity index (χ1n) is 12.3. The number of hydrogen-bond donors (Lipinski definition) is 0. The Balaban J connectivity index is 1.48. The third-order valence-corrected chi connectivity index (χ3v) is 9.54. The van der Waals surface area contributed by atoms with Crippen LogP contribution < -0.4 is 14.4 Å². The van der Waals surface area contributed by atoms with Crippen molar-refractivity contribution in [3.05, 3.63) is 47.5 Å². The number of rotatable bonds is 6. The Kier molecular flexibility index (Phi) is 6.06. The number of nitrogens with zero attached hydrogens (tertiary/aromatic N) is 2. The Bertz CT molecular complexity index is 1200. The van der Waals surface area contributed by atoms with Crippen molar-refractivity contribution >= 4 is 21.6 Å². The Labute approximate surface area is 201 Å². The van der Waals surface area contributed by atoms with E-state index >= 15 is 0 Å². The van der Waals surface area contributed by atoms with Gasteiger partial charge >= 0.3 is 0 Å². The third-order valence-electron chi connectivity index (χ3n) is 7.50. The molecule has 0 unspecified atom stereocenters. The van der Waals surface area contributed by atoms with E-state index in [-0.39, 0.29) is 5.91 Å². The van der Waals surface area contributed by atoms with E-state index in [1.54, 1.807) is 12.1 Å². The van der Waals surface area contributed by atoms with Gasteiger partial charge in [-0.15, -0.1) is 0 Å². The van der Waals surface area contributed by atoms with Gasteiger partial charge < -0.3 is 14.4 Å². The molecule has 2 aliphatic heterocycles. The van der Waals surface area contributed by atoms with Crippen LogP contribution in [0.1, 0.15) is 50.7 Å². The van der Waals surface area contributed by atoms with E-state index < -0.39 is 15.4 Å². The van der Waals surface area contributed by atoms with E-state index in [2.05, 4.69) is 0 Å². The van der Waals surface area contributed by atoms with Crippen molar-refractivity contribution in [1.29, 1.82) is 0 Å². The lowest BCUT2D eigenvalue weighted by Gasteiger charge is -2.34. The van der Waals surface area contributed by atoms with Crippen molar-refractivity contribution in [2.45, 2.75) is 56.3 Å². The van der Waals surface area contributed by atoms with Gasteiger partial charge in [0.05, 0.1) is 10.3 Å². The van der Waals surface area contributed by atoms with Crippen molar-refractivity contribution in [1.82, 2.24) is 4.31 Å². The summed E-state index contributed by atoms with van der Waals surface area (Å²) in [6.45, 7) is 6.15. The number of carbonyl (C=O) groups is 1. The molecule has 3 aliphatic rings. The Morgan fingerprint density at radius 1 is 1.00 bits per heavy atom. The first-order chi connectivity index (χ1) is 16.4. The summed E-state index contributed by atoms with van der Waals surface area (Å²) < 4.78 is 38.9. The summed E-state index contributed by atoms with van der Waals surface area (Å²) in [5, 5.41) is 0. The van der Waals surface area contributed by atoms with Gasteiger partial charge in [0.25, 0.3) is 0 Å². The smallest absolute Gasteiger partial charge is 0.243 e. The zero-order valence-corrected chi connectivity index (χ0v) is 20.7. The Morgan fingerprint density at radius 2 is 1.71 bits per heavy atom. The molecule has 0 N–H and O–H groups in total. The molecule has 0 spiro atoms. The predicted octanol–water partition coefficient (Wildman–Crippen LogP) is 3.89. The second-order valence-corrected chi connectivity index (χ2v) is 11.2. The molecule has 1 saturated carbocycles. The molecule has 182 valence electrons. The summed E-state index contributed by atoms with van der Waals surface area (Å²) in [5.41, 5.74) is 2.13. The monoisotopic (exact) mass is 484 g/mol. The lowest BCUT2D eigenvalue weighted by molar-refractivity contribution is -0.123. The van der Waals surface area contributed by atoms with Gasteiger partial charge in [0, 0.05) is 25.3 Å². The summed E-state index contributed by atoms with van der Waals surface area (Å²) in [7, 11) is -3.54. The van der Waals surface area contributed by atoms with Gasteiger partial charge in [-0.05, 0) is 60.7 Å². The SMILES string of the molecule is CCN(CC)S(=O)(=O)c1ccc2c(c1)CCN2C(=O)C1(c2ccc3c(c2)OCCO3)CCCC1. The average Bonchev–Trinajstić information content (AvgIpc) is 3.52. The largest absolute Gasteiger partial charge is 0.486 e. The number of anilines is 1. The quantitative estimate of drug-likeness (QED) is 0.622. The molecule has 0 aromatic heterocycles. The van der Waals surface area contributed by atoms with Gasteiger partial charge in [-0.1, -0.05) is 32.8 Å². The molecule has 5 rings (SSSR count). The summed E-state index contributed by atoms with van der Waals surface area (Å²) in [4.78, 5) is 16.3. The van der Waals surface area contributed by atoms with Gasteiger partial charge in [0.1, 0.15) is 13.2 Å². The minimum Gasteiger partial charge on any atom is -0.486 e. The highest BCUT2D eigenvalue weighted by atomic mass is 32.2. The van der Waals surface area contributed by atoms with Crippen molar-refractivity contribution in [2.24, 2.45) is 0 Å². The van der Waals surface area contributed by atoms with Crippen LogP contribution in [0.4, 0.5) is 5.69 Å². The van der Waals surface area contributed by atoms with Gasteiger partial charge in [0.2, 0.25) is 15.9 Å². The maximum Gasteiger partial charge on any atom is 0.243 e. The molecule has 1 amide bonds. The molecule has 2 aromatic rings. The number of fused-ring (bicyclic) bond motifs is 2. The zero-order chi connectivity index (χ0) is 23.9. The summed E-state index contributed by atoms with van der Waals surface area (Å²) in [5.74, 6) is 1.53. The fourth-order valence-corrected chi connectivity index (χ4v) is 7.18. The number of benzene rings is 2. The highest BCUT2D eigenvalue weighted by Gasteiger charge is 2.47. The molecule has 7 nitrogen and oxygen atoms in total. The van der Waals surface area contributed by atoms with E-state index in [0.29, 0.717) is 49.9 Å². The second kappa shape index (κ2) is 8.89. The standard InChI is InChI=1S/C26H32N2O5S/c1-3-27(4-2)34(30,31)21-8-9-22-19(17-21)11-14-28(22)25(29)26(12-5-6-13-26)20-7-10-23-24(18-20)33-16-15-32-23/h7-10,17-18H,3-6,11-16H2,1-2H3. The second-order valence-electron chi connectivity index (χ2n) is 9.23. The highest BCUT2D eigenvalue weighted by molar-refractivity contribution is 7.89. The Morgan fingerprint density at radius 3 is 2.41 bits per heavy atom. The van der Waals surface area contributed by atoms with Crippen LogP contribution in [0, 0.1) is 0 Å². The molecule has 0 radical (unpaired) electrons. The minimum absolute atomic E-state index is 0.0970. The lowest BCUT2D eigenvalue weighted by atomic mass is 9.77. The molecule has 2 aromatic carbocycles. The van der Waals surface area contributed by atoms with E-state index in [1.165, 1.54) is 4.31 Å². The van der Waals surface area contributed by atoms with Crippen molar-refractivity contribution < 1.29 is 22.7 Å². The minimum atomic E-state index is -3.54. The number of amides is 1. The van der Waals surface area contributed by atoms with Crippen LogP contribution in [-0.2, 0) is 26.7 Å². The summed E-state index contributed by atoms with van der Waals surface area (Å²) >= 11 is 0. The molecular formula is C26H32N2O5S. The lowest BCUT2D eigenvalue weighted by Crippen LogP contribution is -2.45.